The van der Waals surface area contributed by atoms with Crippen LogP contribution in [-0.4, -0.2) is 17.9 Å². The maximum Gasteiger partial charge on any atom is 0.251 e. The van der Waals surface area contributed by atoms with Gasteiger partial charge in [-0.05, 0) is 29.8 Å². The fourth-order valence-electron chi connectivity index (χ4n) is 2.12. The molecule has 2 rings (SSSR count). The van der Waals surface area contributed by atoms with Crippen molar-refractivity contribution >= 4 is 27.7 Å². The standard InChI is InChI=1S/C17H14BrN3O2/c18-14-7-3-6-12(8-14)17(23)21-15(16(20)22)9-11-4-1-2-5-13(11)10-19/h1-8,15H,9H2,(H2,20,22)(H,21,23)/t15-/m1/s1. The molecule has 23 heavy (non-hydrogen) atoms. The summed E-state index contributed by atoms with van der Waals surface area (Å²) in [6.07, 6.45) is 0.165. The molecule has 3 N–H and O–H groups in total. The van der Waals surface area contributed by atoms with Crippen molar-refractivity contribution in [2.24, 2.45) is 5.73 Å². The van der Waals surface area contributed by atoms with E-state index in [-0.39, 0.29) is 6.42 Å². The molecule has 0 saturated carbocycles. The number of carbonyl (C=O) groups excluding carboxylic acids is 2. The molecule has 0 spiro atoms. The van der Waals surface area contributed by atoms with Gasteiger partial charge in [-0.2, -0.15) is 5.26 Å². The molecule has 0 aliphatic carbocycles. The van der Waals surface area contributed by atoms with Crippen molar-refractivity contribution in [2.45, 2.75) is 12.5 Å². The first kappa shape index (κ1) is 16.7. The van der Waals surface area contributed by atoms with Crippen molar-refractivity contribution in [1.82, 2.24) is 5.32 Å². The minimum Gasteiger partial charge on any atom is -0.368 e. The summed E-state index contributed by atoms with van der Waals surface area (Å²) in [5, 5.41) is 11.7. The van der Waals surface area contributed by atoms with E-state index < -0.39 is 17.9 Å². The minimum atomic E-state index is -0.893. The summed E-state index contributed by atoms with van der Waals surface area (Å²) < 4.78 is 0.760. The van der Waals surface area contributed by atoms with Crippen molar-refractivity contribution in [1.29, 1.82) is 5.26 Å². The lowest BCUT2D eigenvalue weighted by molar-refractivity contribution is -0.119. The van der Waals surface area contributed by atoms with Crippen LogP contribution in [0.5, 0.6) is 0 Å². The van der Waals surface area contributed by atoms with Crippen molar-refractivity contribution in [3.05, 3.63) is 69.7 Å². The van der Waals surface area contributed by atoms with E-state index in [1.54, 1.807) is 48.5 Å². The molecule has 0 fully saturated rings. The number of nitrogens with one attached hydrogen (secondary N) is 1. The zero-order valence-corrected chi connectivity index (χ0v) is 13.7. The lowest BCUT2D eigenvalue weighted by atomic mass is 10.00. The van der Waals surface area contributed by atoms with Crippen LogP contribution in [0.2, 0.25) is 0 Å². The SMILES string of the molecule is N#Cc1ccccc1C[C@@H](NC(=O)c1cccc(Br)c1)C(N)=O. The van der Waals surface area contributed by atoms with Crippen molar-refractivity contribution < 1.29 is 9.59 Å². The minimum absolute atomic E-state index is 0.165. The van der Waals surface area contributed by atoms with Gasteiger partial charge in [-0.3, -0.25) is 9.59 Å². The number of hydrogen-bond acceptors (Lipinski definition) is 3. The first-order valence-electron chi connectivity index (χ1n) is 6.85. The van der Waals surface area contributed by atoms with Crippen molar-refractivity contribution in [3.8, 4) is 6.07 Å². The van der Waals surface area contributed by atoms with Gasteiger partial charge in [0.2, 0.25) is 5.91 Å². The molecule has 0 heterocycles. The van der Waals surface area contributed by atoms with Gasteiger partial charge in [0.1, 0.15) is 6.04 Å². The second-order valence-corrected chi connectivity index (χ2v) is 5.83. The molecule has 116 valence electrons. The van der Waals surface area contributed by atoms with Crippen LogP contribution in [-0.2, 0) is 11.2 Å². The molecule has 2 amide bonds. The monoisotopic (exact) mass is 371 g/mol. The van der Waals surface area contributed by atoms with Gasteiger partial charge in [-0.1, -0.05) is 40.2 Å². The number of nitrogens with two attached hydrogens (primary N) is 1. The second kappa shape index (κ2) is 7.56. The Hall–Kier alpha value is -2.65. The highest BCUT2D eigenvalue weighted by molar-refractivity contribution is 9.10. The molecule has 2 aromatic carbocycles. The third-order valence-electron chi connectivity index (χ3n) is 3.30. The van der Waals surface area contributed by atoms with E-state index in [4.69, 9.17) is 11.0 Å². The molecule has 5 nitrogen and oxygen atoms in total. The Bertz CT molecular complexity index is 783. The van der Waals surface area contributed by atoms with Gasteiger partial charge in [0, 0.05) is 16.5 Å². The number of primary amides is 1. The number of benzene rings is 2. The summed E-state index contributed by atoms with van der Waals surface area (Å²) in [5.74, 6) is -1.05. The first-order chi connectivity index (χ1) is 11.0. The number of rotatable bonds is 5. The lowest BCUT2D eigenvalue weighted by Gasteiger charge is -2.16. The van der Waals surface area contributed by atoms with Gasteiger partial charge in [0.05, 0.1) is 11.6 Å². The fourth-order valence-corrected chi connectivity index (χ4v) is 2.52. The topological polar surface area (TPSA) is 96.0 Å². The molecule has 0 aromatic heterocycles. The van der Waals surface area contributed by atoms with Crippen LogP contribution in [0, 0.1) is 11.3 Å². The Balaban J connectivity index is 2.18. The van der Waals surface area contributed by atoms with Gasteiger partial charge < -0.3 is 11.1 Å². The Kier molecular flexibility index (Phi) is 5.50. The van der Waals surface area contributed by atoms with E-state index in [0.29, 0.717) is 16.7 Å². The Morgan fingerprint density at radius 3 is 2.61 bits per heavy atom. The molecule has 0 radical (unpaired) electrons. The highest BCUT2D eigenvalue weighted by Gasteiger charge is 2.20. The van der Waals surface area contributed by atoms with Gasteiger partial charge in [0.25, 0.3) is 5.91 Å². The Morgan fingerprint density at radius 2 is 1.96 bits per heavy atom. The van der Waals surface area contributed by atoms with E-state index in [0.717, 1.165) is 4.47 Å². The number of nitrogens with zero attached hydrogens (tertiary/aromatic N) is 1. The molecule has 6 heteroatoms. The maximum atomic E-state index is 12.3. The van der Waals surface area contributed by atoms with Crippen molar-refractivity contribution in [3.63, 3.8) is 0 Å². The van der Waals surface area contributed by atoms with E-state index in [1.807, 2.05) is 0 Å². The van der Waals surface area contributed by atoms with Crippen LogP contribution in [0.15, 0.2) is 53.0 Å². The number of hydrogen-bond donors (Lipinski definition) is 2. The maximum absolute atomic E-state index is 12.3. The summed E-state index contributed by atoms with van der Waals surface area (Å²) in [6.45, 7) is 0. The van der Waals surface area contributed by atoms with Gasteiger partial charge in [-0.25, -0.2) is 0 Å². The smallest absolute Gasteiger partial charge is 0.251 e. The normalized spacial score (nSPS) is 11.3. The molecule has 0 bridgehead atoms. The van der Waals surface area contributed by atoms with E-state index in [2.05, 4.69) is 27.3 Å². The van der Waals surface area contributed by atoms with Gasteiger partial charge in [0.15, 0.2) is 0 Å². The number of nitriles is 1. The third-order valence-corrected chi connectivity index (χ3v) is 3.79. The van der Waals surface area contributed by atoms with Crippen LogP contribution in [0.3, 0.4) is 0 Å². The summed E-state index contributed by atoms with van der Waals surface area (Å²) in [6, 6.07) is 14.9. The van der Waals surface area contributed by atoms with Crippen LogP contribution in [0.25, 0.3) is 0 Å². The van der Waals surface area contributed by atoms with E-state index in [1.165, 1.54) is 0 Å². The average Bonchev–Trinajstić information content (AvgIpc) is 2.54. The molecule has 2 aromatic rings. The molecule has 0 unspecified atom stereocenters. The first-order valence-corrected chi connectivity index (χ1v) is 7.64. The van der Waals surface area contributed by atoms with Crippen LogP contribution >= 0.6 is 15.9 Å². The zero-order valence-electron chi connectivity index (χ0n) is 12.1. The predicted octanol–water partition coefficient (Wildman–Crippen LogP) is 2.15. The predicted molar refractivity (Wildman–Crippen MR) is 89.5 cm³/mol. The highest BCUT2D eigenvalue weighted by Crippen LogP contribution is 2.13. The molecular formula is C17H14BrN3O2. The van der Waals surface area contributed by atoms with Crippen molar-refractivity contribution in [2.75, 3.05) is 0 Å². The van der Waals surface area contributed by atoms with Crippen LogP contribution in [0.1, 0.15) is 21.5 Å². The molecule has 0 saturated heterocycles. The Labute approximate surface area is 142 Å². The summed E-state index contributed by atoms with van der Waals surface area (Å²) >= 11 is 3.29. The van der Waals surface area contributed by atoms with Gasteiger partial charge in [-0.15, -0.1) is 0 Å². The van der Waals surface area contributed by atoms with Crippen LogP contribution < -0.4 is 11.1 Å². The average molecular weight is 372 g/mol. The third kappa shape index (κ3) is 4.41. The number of carbonyl (C=O) groups is 2. The number of halogens is 1. The van der Waals surface area contributed by atoms with Gasteiger partial charge >= 0.3 is 0 Å². The van der Waals surface area contributed by atoms with E-state index in [9.17, 15) is 9.59 Å². The summed E-state index contributed by atoms with van der Waals surface area (Å²) in [5.41, 5.74) is 6.92. The Morgan fingerprint density at radius 1 is 1.22 bits per heavy atom. The fraction of sp³-hybridized carbons (Fsp3) is 0.118. The number of amides is 2. The summed E-state index contributed by atoms with van der Waals surface area (Å²) in [7, 11) is 0. The largest absolute Gasteiger partial charge is 0.368 e. The molecular weight excluding hydrogens is 358 g/mol. The zero-order chi connectivity index (χ0) is 16.8. The second-order valence-electron chi connectivity index (χ2n) is 4.91. The molecule has 0 aliphatic rings. The quantitative estimate of drug-likeness (QED) is 0.842. The molecule has 0 aliphatic heterocycles. The highest BCUT2D eigenvalue weighted by atomic mass is 79.9. The molecule has 1 atom stereocenters. The van der Waals surface area contributed by atoms with Crippen LogP contribution in [0.4, 0.5) is 0 Å². The van der Waals surface area contributed by atoms with E-state index >= 15 is 0 Å². The summed E-state index contributed by atoms with van der Waals surface area (Å²) in [4.78, 5) is 23.9. The lowest BCUT2D eigenvalue weighted by Crippen LogP contribution is -2.46.